The molecule has 3 atom stereocenters. The highest BCUT2D eigenvalue weighted by molar-refractivity contribution is 5.92. The number of carbonyl (C=O) groups excluding carboxylic acids is 2. The lowest BCUT2D eigenvalue weighted by Crippen LogP contribution is -2.54. The second-order valence-corrected chi connectivity index (χ2v) is 6.58. The average molecular weight is 400 g/mol. The van der Waals surface area contributed by atoms with E-state index in [0.717, 1.165) is 0 Å². The average Bonchev–Trinajstić information content (AvgIpc) is 3.11. The van der Waals surface area contributed by atoms with Crippen molar-refractivity contribution in [1.82, 2.24) is 10.2 Å². The minimum Gasteiger partial charge on any atom is -0.481 e. The summed E-state index contributed by atoms with van der Waals surface area (Å²) in [5.74, 6) is -3.49. The van der Waals surface area contributed by atoms with Crippen molar-refractivity contribution < 1.29 is 29.4 Å². The van der Waals surface area contributed by atoms with Crippen LogP contribution in [0.3, 0.4) is 0 Å². The van der Waals surface area contributed by atoms with Gasteiger partial charge in [0.05, 0.1) is 6.04 Å². The van der Waals surface area contributed by atoms with E-state index in [1.807, 2.05) is 0 Å². The van der Waals surface area contributed by atoms with Crippen LogP contribution in [0.1, 0.15) is 38.5 Å². The molecule has 0 unspecified atom stereocenters. The van der Waals surface area contributed by atoms with E-state index in [1.165, 1.54) is 4.90 Å². The number of carboxylic acid groups (broad SMARTS) is 2. The van der Waals surface area contributed by atoms with Gasteiger partial charge in [0.1, 0.15) is 12.1 Å². The number of likely N-dealkylation sites (tertiary alicyclic amines) is 1. The Bertz CT molecular complexity index is 621. The number of carboxylic acids is 2. The van der Waals surface area contributed by atoms with E-state index in [1.54, 1.807) is 0 Å². The summed E-state index contributed by atoms with van der Waals surface area (Å²) >= 11 is 0. The zero-order valence-corrected chi connectivity index (χ0v) is 15.5. The van der Waals surface area contributed by atoms with E-state index in [2.05, 4.69) is 10.3 Å². The van der Waals surface area contributed by atoms with Crippen LogP contribution in [0.4, 0.5) is 0 Å². The van der Waals surface area contributed by atoms with Crippen LogP contribution in [0, 0.1) is 0 Å². The van der Waals surface area contributed by atoms with Gasteiger partial charge < -0.3 is 37.6 Å². The number of carbonyl (C=O) groups is 4. The molecule has 0 aliphatic carbocycles. The zero-order chi connectivity index (χ0) is 21.3. The van der Waals surface area contributed by atoms with Gasteiger partial charge in [-0.25, -0.2) is 4.79 Å². The predicted octanol–water partition coefficient (Wildman–Crippen LogP) is -2.21. The van der Waals surface area contributed by atoms with Crippen molar-refractivity contribution in [2.45, 2.75) is 56.7 Å². The van der Waals surface area contributed by atoms with Crippen LogP contribution in [0.25, 0.3) is 0 Å². The molecule has 158 valence electrons. The van der Waals surface area contributed by atoms with Crippen LogP contribution < -0.4 is 22.5 Å². The van der Waals surface area contributed by atoms with Gasteiger partial charge in [-0.2, -0.15) is 0 Å². The molecule has 0 spiro atoms. The van der Waals surface area contributed by atoms with Crippen LogP contribution in [0.5, 0.6) is 0 Å². The molecule has 0 aromatic rings. The first kappa shape index (κ1) is 23.1. The largest absolute Gasteiger partial charge is 0.481 e. The fraction of sp³-hybridized carbons (Fsp3) is 0.688. The quantitative estimate of drug-likeness (QED) is 0.126. The summed E-state index contributed by atoms with van der Waals surface area (Å²) in [4.78, 5) is 52.1. The molecule has 2 amide bonds. The van der Waals surface area contributed by atoms with Gasteiger partial charge in [-0.1, -0.05) is 0 Å². The lowest BCUT2D eigenvalue weighted by molar-refractivity contribution is -0.149. The van der Waals surface area contributed by atoms with Crippen molar-refractivity contribution in [1.29, 1.82) is 0 Å². The van der Waals surface area contributed by atoms with Crippen molar-refractivity contribution in [2.75, 3.05) is 13.1 Å². The van der Waals surface area contributed by atoms with E-state index >= 15 is 0 Å². The van der Waals surface area contributed by atoms with E-state index in [4.69, 9.17) is 22.3 Å². The van der Waals surface area contributed by atoms with Crippen LogP contribution >= 0.6 is 0 Å². The van der Waals surface area contributed by atoms with Crippen molar-refractivity contribution in [3.8, 4) is 0 Å². The predicted molar refractivity (Wildman–Crippen MR) is 99.1 cm³/mol. The maximum Gasteiger partial charge on any atom is 0.326 e. The number of hydrogen-bond donors (Lipinski definition) is 6. The minimum atomic E-state index is -1.10. The Morgan fingerprint density at radius 3 is 2.43 bits per heavy atom. The topological polar surface area (TPSA) is 214 Å². The first-order valence-electron chi connectivity index (χ1n) is 9.00. The first-order valence-corrected chi connectivity index (χ1v) is 9.00. The first-order chi connectivity index (χ1) is 13.1. The maximum absolute atomic E-state index is 12.8. The summed E-state index contributed by atoms with van der Waals surface area (Å²) in [6, 6.07) is -3.04. The molecule has 1 rings (SSSR count). The maximum atomic E-state index is 12.8. The molecular formula is C16H28N6O6. The number of nitrogens with one attached hydrogen (secondary N) is 1. The molecule has 12 nitrogen and oxygen atoms in total. The molecule has 1 fully saturated rings. The van der Waals surface area contributed by atoms with Crippen LogP contribution in [0.2, 0.25) is 0 Å². The number of amides is 2. The Balaban J connectivity index is 2.81. The molecule has 28 heavy (non-hydrogen) atoms. The van der Waals surface area contributed by atoms with E-state index in [0.29, 0.717) is 19.3 Å². The second kappa shape index (κ2) is 11.1. The van der Waals surface area contributed by atoms with Crippen molar-refractivity contribution in [3.05, 3.63) is 0 Å². The zero-order valence-electron chi connectivity index (χ0n) is 15.5. The number of aliphatic carboxylic acids is 2. The van der Waals surface area contributed by atoms with Crippen LogP contribution in [-0.2, 0) is 19.2 Å². The van der Waals surface area contributed by atoms with E-state index < -0.39 is 41.9 Å². The molecule has 0 bridgehead atoms. The van der Waals surface area contributed by atoms with Gasteiger partial charge >= 0.3 is 11.9 Å². The SMILES string of the molecule is NC(N)=NCCC[C@H](NC(=O)[C@@H](N)CCC(=O)O)C(=O)N1CCC[C@@H]1C(=O)O. The molecule has 1 aliphatic rings. The fourth-order valence-corrected chi connectivity index (χ4v) is 2.94. The molecule has 12 heteroatoms. The van der Waals surface area contributed by atoms with Gasteiger partial charge in [0, 0.05) is 19.5 Å². The van der Waals surface area contributed by atoms with Crippen molar-refractivity contribution >= 4 is 29.7 Å². The third-order valence-electron chi connectivity index (χ3n) is 4.39. The smallest absolute Gasteiger partial charge is 0.326 e. The summed E-state index contributed by atoms with van der Waals surface area (Å²) in [5, 5.41) is 20.5. The monoisotopic (exact) mass is 400 g/mol. The Kier molecular flexibility index (Phi) is 9.15. The summed E-state index contributed by atoms with van der Waals surface area (Å²) in [6.07, 6.45) is 1.06. The van der Waals surface area contributed by atoms with Gasteiger partial charge in [0.2, 0.25) is 11.8 Å². The molecule has 1 saturated heterocycles. The highest BCUT2D eigenvalue weighted by atomic mass is 16.4. The number of rotatable bonds is 11. The summed E-state index contributed by atoms with van der Waals surface area (Å²) in [6.45, 7) is 0.510. The standard InChI is InChI=1S/C16H28N6O6/c17-9(5-6-12(23)24)13(25)21-10(3-1-7-20-16(18)19)14(26)22-8-2-4-11(22)15(27)28/h9-11H,1-8,17H2,(H,21,25)(H,23,24)(H,27,28)(H4,18,19,20)/t9-,10-,11+/m0/s1. The lowest BCUT2D eigenvalue weighted by atomic mass is 10.1. The molecule has 9 N–H and O–H groups in total. The summed E-state index contributed by atoms with van der Waals surface area (Å²) in [7, 11) is 0. The molecule has 0 radical (unpaired) electrons. The number of nitrogens with two attached hydrogens (primary N) is 3. The van der Waals surface area contributed by atoms with Gasteiger partial charge in [-0.3, -0.25) is 19.4 Å². The van der Waals surface area contributed by atoms with Crippen LogP contribution in [0.15, 0.2) is 4.99 Å². The van der Waals surface area contributed by atoms with Gasteiger partial charge in [-0.15, -0.1) is 0 Å². The normalized spacial score (nSPS) is 18.2. The number of aliphatic imine (C=N–C) groups is 1. The summed E-state index contributed by atoms with van der Waals surface area (Å²) < 4.78 is 0. The third kappa shape index (κ3) is 7.39. The lowest BCUT2D eigenvalue weighted by Gasteiger charge is -2.28. The molecule has 0 aromatic carbocycles. The highest BCUT2D eigenvalue weighted by Gasteiger charge is 2.37. The van der Waals surface area contributed by atoms with E-state index in [9.17, 15) is 24.3 Å². The second-order valence-electron chi connectivity index (χ2n) is 6.58. The molecule has 1 aliphatic heterocycles. The van der Waals surface area contributed by atoms with Crippen molar-refractivity contribution in [3.63, 3.8) is 0 Å². The Hall–Kier alpha value is -2.89. The van der Waals surface area contributed by atoms with Gasteiger partial charge in [0.25, 0.3) is 0 Å². The summed E-state index contributed by atoms with van der Waals surface area (Å²) in [5.41, 5.74) is 16.2. The fourth-order valence-electron chi connectivity index (χ4n) is 2.94. The number of guanidine groups is 1. The Morgan fingerprint density at radius 2 is 1.86 bits per heavy atom. The molecule has 0 aromatic heterocycles. The minimum absolute atomic E-state index is 0.0858. The Morgan fingerprint density at radius 1 is 1.18 bits per heavy atom. The number of hydrogen-bond acceptors (Lipinski definition) is 6. The third-order valence-corrected chi connectivity index (χ3v) is 4.39. The highest BCUT2D eigenvalue weighted by Crippen LogP contribution is 2.19. The van der Waals surface area contributed by atoms with Crippen LogP contribution in [-0.4, -0.2) is 76.0 Å². The molecular weight excluding hydrogens is 372 g/mol. The molecule has 1 heterocycles. The van der Waals surface area contributed by atoms with Gasteiger partial charge in [-0.05, 0) is 32.1 Å². The molecule has 0 saturated carbocycles. The van der Waals surface area contributed by atoms with Crippen molar-refractivity contribution in [2.24, 2.45) is 22.2 Å². The van der Waals surface area contributed by atoms with E-state index in [-0.39, 0.29) is 38.3 Å². The Labute approximate surface area is 162 Å². The van der Waals surface area contributed by atoms with Gasteiger partial charge in [0.15, 0.2) is 5.96 Å². The number of nitrogens with zero attached hydrogens (tertiary/aromatic N) is 2.